The third kappa shape index (κ3) is 3.87. The quantitative estimate of drug-likeness (QED) is 0.759. The predicted octanol–water partition coefficient (Wildman–Crippen LogP) is 3.27. The third-order valence-corrected chi connectivity index (χ3v) is 3.41. The predicted molar refractivity (Wildman–Crippen MR) is 86.0 cm³/mol. The number of urea groups is 1. The van der Waals surface area contributed by atoms with Gasteiger partial charge in [0.2, 0.25) is 5.82 Å². The van der Waals surface area contributed by atoms with E-state index < -0.39 is 18.0 Å². The minimum Gasteiger partial charge on any atom is -0.336 e. The number of hydrogen-bond donors (Lipinski definition) is 2. The summed E-state index contributed by atoms with van der Waals surface area (Å²) in [6.07, 6.45) is -3.21. The van der Waals surface area contributed by atoms with Crippen LogP contribution >= 0.6 is 0 Å². The van der Waals surface area contributed by atoms with E-state index in [1.165, 1.54) is 18.3 Å². The molecule has 0 radical (unpaired) electrons. The second-order valence-corrected chi connectivity index (χ2v) is 5.18. The highest BCUT2D eigenvalue weighted by atomic mass is 19.4. The van der Waals surface area contributed by atoms with Crippen LogP contribution in [0.5, 0.6) is 0 Å². The number of carbonyl (C=O) groups excluding carboxylic acids is 1. The van der Waals surface area contributed by atoms with Crippen molar-refractivity contribution in [2.45, 2.75) is 12.7 Å². The molecule has 0 spiro atoms. The van der Waals surface area contributed by atoms with Crippen molar-refractivity contribution in [3.8, 4) is 0 Å². The lowest BCUT2D eigenvalue weighted by Gasteiger charge is -2.12. The molecule has 0 saturated carbocycles. The first-order valence-electron chi connectivity index (χ1n) is 7.43. The topological polar surface area (TPSA) is 71.8 Å². The van der Waals surface area contributed by atoms with Gasteiger partial charge >= 0.3 is 12.2 Å². The van der Waals surface area contributed by atoms with Crippen LogP contribution in [0.3, 0.4) is 0 Å². The minimum absolute atomic E-state index is 0.0101. The van der Waals surface area contributed by atoms with Crippen molar-refractivity contribution in [2.75, 3.05) is 11.9 Å². The van der Waals surface area contributed by atoms with Gasteiger partial charge in [0.25, 0.3) is 0 Å². The van der Waals surface area contributed by atoms with Crippen molar-refractivity contribution in [3.63, 3.8) is 0 Å². The zero-order chi connectivity index (χ0) is 17.9. The summed E-state index contributed by atoms with van der Waals surface area (Å²) in [5.74, 6) is -1.04. The monoisotopic (exact) mass is 349 g/mol. The van der Waals surface area contributed by atoms with Gasteiger partial charge in [-0.05, 0) is 24.3 Å². The number of nitrogens with one attached hydrogen (secondary N) is 2. The lowest BCUT2D eigenvalue weighted by molar-refractivity contribution is -0.146. The fourth-order valence-corrected chi connectivity index (χ4v) is 2.36. The second-order valence-electron chi connectivity index (χ2n) is 5.18. The summed E-state index contributed by atoms with van der Waals surface area (Å²) in [4.78, 5) is 19.4. The smallest absolute Gasteiger partial charge is 0.336 e. The maximum absolute atomic E-state index is 13.1. The molecule has 0 aliphatic carbocycles. The van der Waals surface area contributed by atoms with Crippen molar-refractivity contribution in [2.24, 2.45) is 0 Å². The summed E-state index contributed by atoms with van der Waals surface area (Å²) >= 11 is 0. The number of imidazole rings is 1. The zero-order valence-corrected chi connectivity index (χ0v) is 12.9. The Balaban J connectivity index is 1.69. The number of alkyl halides is 3. The van der Waals surface area contributed by atoms with Crippen molar-refractivity contribution < 1.29 is 18.0 Å². The van der Waals surface area contributed by atoms with Crippen molar-refractivity contribution in [3.05, 3.63) is 54.5 Å². The number of aromatic nitrogens is 3. The van der Waals surface area contributed by atoms with Gasteiger partial charge in [-0.1, -0.05) is 18.2 Å². The molecule has 0 saturated heterocycles. The number of nitrogens with zero attached hydrogens (tertiary/aromatic N) is 3. The van der Waals surface area contributed by atoms with Crippen LogP contribution in [0.25, 0.3) is 11.2 Å². The molecule has 2 amide bonds. The van der Waals surface area contributed by atoms with Crippen molar-refractivity contribution in [1.29, 1.82) is 0 Å². The number of amides is 2. The van der Waals surface area contributed by atoms with E-state index in [-0.39, 0.29) is 24.3 Å². The summed E-state index contributed by atoms with van der Waals surface area (Å²) in [6.45, 7) is -0.117. The average molecular weight is 349 g/mol. The number of rotatable bonds is 4. The summed E-state index contributed by atoms with van der Waals surface area (Å²) in [7, 11) is 0. The van der Waals surface area contributed by atoms with E-state index in [4.69, 9.17) is 0 Å². The fourth-order valence-electron chi connectivity index (χ4n) is 2.36. The summed E-state index contributed by atoms with van der Waals surface area (Å²) in [6, 6.07) is 11.2. The highest BCUT2D eigenvalue weighted by Gasteiger charge is 2.37. The molecule has 0 unspecified atom stereocenters. The summed E-state index contributed by atoms with van der Waals surface area (Å²) in [5.41, 5.74) is 0.870. The van der Waals surface area contributed by atoms with Crippen LogP contribution in [0.2, 0.25) is 0 Å². The highest BCUT2D eigenvalue weighted by molar-refractivity contribution is 5.89. The molecule has 0 aliphatic heterocycles. The molecule has 0 bridgehead atoms. The molecule has 0 atom stereocenters. The standard InChI is InChI=1S/C16H14F3N5O/c17-16(18,19)14-23-12-7-4-8-20-13(12)24(14)10-9-21-15(25)22-11-5-2-1-3-6-11/h1-8H,9-10H2,(H2,21,22,25). The Hall–Kier alpha value is -3.10. The number of hydrogen-bond acceptors (Lipinski definition) is 3. The van der Waals surface area contributed by atoms with E-state index in [9.17, 15) is 18.0 Å². The number of halogens is 3. The molecule has 130 valence electrons. The van der Waals surface area contributed by atoms with Gasteiger partial charge in [0.05, 0.1) is 0 Å². The molecule has 1 aromatic carbocycles. The number of carbonyl (C=O) groups is 1. The van der Waals surface area contributed by atoms with E-state index in [1.807, 2.05) is 0 Å². The van der Waals surface area contributed by atoms with Crippen LogP contribution in [-0.2, 0) is 12.7 Å². The van der Waals surface area contributed by atoms with Crippen LogP contribution in [0.15, 0.2) is 48.7 Å². The van der Waals surface area contributed by atoms with Crippen LogP contribution < -0.4 is 10.6 Å². The maximum atomic E-state index is 13.1. The molecule has 6 nitrogen and oxygen atoms in total. The molecule has 3 rings (SSSR count). The Labute approximate surface area is 140 Å². The number of pyridine rings is 1. The number of fused-ring (bicyclic) bond motifs is 1. The summed E-state index contributed by atoms with van der Waals surface area (Å²) < 4.78 is 40.4. The Kier molecular flexibility index (Phi) is 4.55. The SMILES string of the molecule is O=C(NCCn1c(C(F)(F)F)nc2cccnc21)Nc1ccccc1. The second kappa shape index (κ2) is 6.80. The van der Waals surface area contributed by atoms with Gasteiger partial charge in [-0.25, -0.2) is 14.8 Å². The van der Waals surface area contributed by atoms with Gasteiger partial charge in [-0.2, -0.15) is 13.2 Å². The molecule has 25 heavy (non-hydrogen) atoms. The molecular formula is C16H14F3N5O. The van der Waals surface area contributed by atoms with E-state index >= 15 is 0 Å². The number of para-hydroxylation sites is 1. The van der Waals surface area contributed by atoms with Gasteiger partial charge in [-0.15, -0.1) is 0 Å². The molecule has 9 heteroatoms. The van der Waals surface area contributed by atoms with Gasteiger partial charge in [0.15, 0.2) is 5.65 Å². The Bertz CT molecular complexity index is 876. The van der Waals surface area contributed by atoms with Gasteiger partial charge in [0.1, 0.15) is 5.52 Å². The van der Waals surface area contributed by atoms with Gasteiger partial charge in [0, 0.05) is 25.0 Å². The molecule has 2 N–H and O–H groups in total. The molecule has 0 aliphatic rings. The van der Waals surface area contributed by atoms with E-state index in [1.54, 1.807) is 30.3 Å². The number of benzene rings is 1. The van der Waals surface area contributed by atoms with Crippen molar-refractivity contribution in [1.82, 2.24) is 19.9 Å². The number of anilines is 1. The average Bonchev–Trinajstić information content (AvgIpc) is 2.95. The Morgan fingerprint density at radius 2 is 1.88 bits per heavy atom. The minimum atomic E-state index is -4.60. The normalized spacial score (nSPS) is 11.5. The molecule has 0 fully saturated rings. The largest absolute Gasteiger partial charge is 0.449 e. The first-order chi connectivity index (χ1) is 11.9. The third-order valence-electron chi connectivity index (χ3n) is 3.41. The molecular weight excluding hydrogens is 335 g/mol. The summed E-state index contributed by atoms with van der Waals surface area (Å²) in [5, 5.41) is 5.11. The molecule has 2 heterocycles. The Morgan fingerprint density at radius 1 is 1.12 bits per heavy atom. The molecule has 2 aromatic heterocycles. The zero-order valence-electron chi connectivity index (χ0n) is 12.9. The van der Waals surface area contributed by atoms with Crippen LogP contribution in [0.1, 0.15) is 5.82 Å². The van der Waals surface area contributed by atoms with Gasteiger partial charge in [-0.3, -0.25) is 0 Å². The Morgan fingerprint density at radius 3 is 2.60 bits per heavy atom. The van der Waals surface area contributed by atoms with Gasteiger partial charge < -0.3 is 15.2 Å². The van der Waals surface area contributed by atoms with E-state index in [2.05, 4.69) is 20.6 Å². The van der Waals surface area contributed by atoms with E-state index in [0.29, 0.717) is 5.69 Å². The fraction of sp³-hybridized carbons (Fsp3) is 0.188. The first-order valence-corrected chi connectivity index (χ1v) is 7.43. The van der Waals surface area contributed by atoms with Crippen molar-refractivity contribution >= 4 is 22.9 Å². The van der Waals surface area contributed by atoms with Crippen LogP contribution in [-0.4, -0.2) is 27.1 Å². The lowest BCUT2D eigenvalue weighted by atomic mass is 10.3. The lowest BCUT2D eigenvalue weighted by Crippen LogP contribution is -2.32. The maximum Gasteiger partial charge on any atom is 0.449 e. The van der Waals surface area contributed by atoms with Crippen LogP contribution in [0.4, 0.5) is 23.7 Å². The first kappa shape index (κ1) is 16.7. The highest BCUT2D eigenvalue weighted by Crippen LogP contribution is 2.30. The van der Waals surface area contributed by atoms with Crippen LogP contribution in [0, 0.1) is 0 Å². The van der Waals surface area contributed by atoms with E-state index in [0.717, 1.165) is 4.57 Å². The molecule has 3 aromatic rings.